The van der Waals surface area contributed by atoms with Gasteiger partial charge in [0.25, 0.3) is 0 Å². The van der Waals surface area contributed by atoms with Crippen molar-refractivity contribution in [2.45, 2.75) is 283 Å². The second-order valence-electron chi connectivity index (χ2n) is 16.3. The summed E-state index contributed by atoms with van der Waals surface area (Å²) in [4.78, 5) is 21.6. The fraction of sp³-hybridized carbons (Fsp3) is 0.957. The lowest BCUT2D eigenvalue weighted by Crippen LogP contribution is -1.99. The van der Waals surface area contributed by atoms with Gasteiger partial charge in [-0.1, -0.05) is 257 Å². The Hall–Kier alpha value is -1.06. The van der Waals surface area contributed by atoms with Crippen molar-refractivity contribution in [3.63, 3.8) is 0 Å². The van der Waals surface area contributed by atoms with Crippen LogP contribution in [0.5, 0.6) is 0 Å². The Morgan fingerprint density at radius 2 is 0.412 bits per heavy atom. The van der Waals surface area contributed by atoms with E-state index < -0.39 is 5.97 Å². The van der Waals surface area contributed by atoms with Crippen molar-refractivity contribution in [1.82, 2.24) is 0 Å². The first kappa shape index (κ1) is 49.9. The second kappa shape index (κ2) is 45.1. The number of esters is 1. The van der Waals surface area contributed by atoms with E-state index in [1.165, 1.54) is 258 Å². The number of carboxylic acid groups (broad SMARTS) is 1. The normalized spacial score (nSPS) is 11.4. The van der Waals surface area contributed by atoms with Crippen LogP contribution in [-0.4, -0.2) is 24.2 Å². The first-order valence-corrected chi connectivity index (χ1v) is 23.5. The van der Waals surface area contributed by atoms with E-state index in [1.54, 1.807) is 0 Å². The standard InChI is InChI=1S/C47H92O4/c1-51-47(50)45-43-41-39-37-35-33-31-29-27-25-23-21-19-17-15-13-11-9-7-5-3-2-4-6-8-10-12-14-16-18-20-22-24-26-28-30-32-34-36-38-40-42-44-46(48)49/h2-45H2,1H3,(H,48,49). The van der Waals surface area contributed by atoms with Crippen LogP contribution in [0.15, 0.2) is 0 Å². The summed E-state index contributed by atoms with van der Waals surface area (Å²) in [5, 5.41) is 8.66. The van der Waals surface area contributed by atoms with Crippen molar-refractivity contribution in [1.29, 1.82) is 0 Å². The van der Waals surface area contributed by atoms with Gasteiger partial charge in [0, 0.05) is 12.8 Å². The van der Waals surface area contributed by atoms with Crippen LogP contribution in [0.25, 0.3) is 0 Å². The molecule has 0 spiro atoms. The summed E-state index contributed by atoms with van der Waals surface area (Å²) in [6, 6.07) is 0. The van der Waals surface area contributed by atoms with Crippen LogP contribution in [0, 0.1) is 0 Å². The summed E-state index contributed by atoms with van der Waals surface area (Å²) in [6.45, 7) is 0. The quantitative estimate of drug-likeness (QED) is 0.0502. The van der Waals surface area contributed by atoms with Gasteiger partial charge < -0.3 is 9.84 Å². The number of carboxylic acids is 1. The maximum atomic E-state index is 11.1. The molecule has 0 rings (SSSR count). The average molecular weight is 721 g/mol. The Balaban J connectivity index is 3.06. The van der Waals surface area contributed by atoms with Gasteiger partial charge in [-0.15, -0.1) is 0 Å². The SMILES string of the molecule is COC(=O)CCCCCCCCCCCCCCCCCCCCCCCCCCCCCCCCCCCCCCCCCCCCC(=O)O. The predicted octanol–water partition coefficient (Wildman–Crippen LogP) is 16.4. The molecule has 0 unspecified atom stereocenters. The summed E-state index contributed by atoms with van der Waals surface area (Å²) in [5.74, 6) is -0.712. The number of carbonyl (C=O) groups excluding carboxylic acids is 1. The molecule has 0 atom stereocenters. The zero-order chi connectivity index (χ0) is 37.0. The van der Waals surface area contributed by atoms with Gasteiger partial charge in [-0.05, 0) is 12.8 Å². The Labute approximate surface area is 320 Å². The molecule has 0 fully saturated rings. The summed E-state index contributed by atoms with van der Waals surface area (Å²) in [6.07, 6.45) is 59.1. The number of unbranched alkanes of at least 4 members (excludes halogenated alkanes) is 41. The number of aliphatic carboxylic acids is 1. The smallest absolute Gasteiger partial charge is 0.305 e. The van der Waals surface area contributed by atoms with E-state index in [0.29, 0.717) is 12.8 Å². The Bertz CT molecular complexity index is 677. The number of hydrogen-bond acceptors (Lipinski definition) is 3. The highest BCUT2D eigenvalue weighted by Gasteiger charge is 2.01. The highest BCUT2D eigenvalue weighted by Crippen LogP contribution is 2.18. The molecule has 1 N–H and O–H groups in total. The van der Waals surface area contributed by atoms with Gasteiger partial charge in [0.2, 0.25) is 0 Å². The summed E-state index contributed by atoms with van der Waals surface area (Å²) < 4.78 is 4.69. The highest BCUT2D eigenvalue weighted by atomic mass is 16.5. The Morgan fingerprint density at radius 3 is 0.549 bits per heavy atom. The molecule has 0 aliphatic carbocycles. The molecule has 0 aliphatic rings. The largest absolute Gasteiger partial charge is 0.481 e. The van der Waals surface area contributed by atoms with Gasteiger partial charge in [0.05, 0.1) is 7.11 Å². The van der Waals surface area contributed by atoms with Gasteiger partial charge in [0.1, 0.15) is 0 Å². The van der Waals surface area contributed by atoms with Crippen molar-refractivity contribution >= 4 is 11.9 Å². The number of rotatable bonds is 45. The van der Waals surface area contributed by atoms with Crippen molar-refractivity contribution in [2.24, 2.45) is 0 Å². The zero-order valence-electron chi connectivity index (χ0n) is 34.8. The van der Waals surface area contributed by atoms with Gasteiger partial charge in [-0.3, -0.25) is 9.59 Å². The number of ether oxygens (including phenoxy) is 1. The Morgan fingerprint density at radius 1 is 0.275 bits per heavy atom. The van der Waals surface area contributed by atoms with Crippen molar-refractivity contribution in [2.75, 3.05) is 7.11 Å². The van der Waals surface area contributed by atoms with Crippen LogP contribution in [0.4, 0.5) is 0 Å². The van der Waals surface area contributed by atoms with E-state index >= 15 is 0 Å². The lowest BCUT2D eigenvalue weighted by atomic mass is 10.0. The van der Waals surface area contributed by atoms with Crippen LogP contribution in [0.3, 0.4) is 0 Å². The summed E-state index contributed by atoms with van der Waals surface area (Å²) in [7, 11) is 1.48. The number of carbonyl (C=O) groups is 2. The molecule has 0 aromatic rings. The molecule has 0 saturated carbocycles. The van der Waals surface area contributed by atoms with Crippen molar-refractivity contribution in [3.8, 4) is 0 Å². The highest BCUT2D eigenvalue weighted by molar-refractivity contribution is 5.69. The van der Waals surface area contributed by atoms with Gasteiger partial charge in [-0.25, -0.2) is 0 Å². The molecule has 0 bridgehead atoms. The van der Waals surface area contributed by atoms with E-state index in [-0.39, 0.29) is 5.97 Å². The lowest BCUT2D eigenvalue weighted by Gasteiger charge is -2.05. The fourth-order valence-corrected chi connectivity index (χ4v) is 7.72. The molecule has 4 nitrogen and oxygen atoms in total. The third-order valence-electron chi connectivity index (χ3n) is 11.2. The van der Waals surface area contributed by atoms with E-state index in [0.717, 1.165) is 19.3 Å². The van der Waals surface area contributed by atoms with E-state index in [1.807, 2.05) is 0 Å². The molecule has 0 aliphatic heterocycles. The molecular formula is C47H92O4. The van der Waals surface area contributed by atoms with Gasteiger partial charge >= 0.3 is 11.9 Å². The van der Waals surface area contributed by atoms with Gasteiger partial charge in [0.15, 0.2) is 0 Å². The second-order valence-corrected chi connectivity index (χ2v) is 16.3. The maximum absolute atomic E-state index is 11.1. The molecular weight excluding hydrogens is 629 g/mol. The fourth-order valence-electron chi connectivity index (χ4n) is 7.72. The summed E-state index contributed by atoms with van der Waals surface area (Å²) in [5.41, 5.74) is 0. The van der Waals surface area contributed by atoms with Crippen LogP contribution >= 0.6 is 0 Å². The first-order chi connectivity index (χ1) is 25.2. The molecule has 0 amide bonds. The topological polar surface area (TPSA) is 63.6 Å². The van der Waals surface area contributed by atoms with Crippen LogP contribution in [0.1, 0.15) is 283 Å². The molecule has 4 heteroatoms. The third kappa shape index (κ3) is 46.9. The molecule has 0 aromatic carbocycles. The number of hydrogen-bond donors (Lipinski definition) is 1. The van der Waals surface area contributed by atoms with Gasteiger partial charge in [-0.2, -0.15) is 0 Å². The molecule has 0 saturated heterocycles. The molecule has 0 heterocycles. The molecule has 304 valence electrons. The first-order valence-electron chi connectivity index (χ1n) is 23.5. The molecule has 51 heavy (non-hydrogen) atoms. The maximum Gasteiger partial charge on any atom is 0.305 e. The minimum Gasteiger partial charge on any atom is -0.481 e. The lowest BCUT2D eigenvalue weighted by molar-refractivity contribution is -0.141. The predicted molar refractivity (Wildman–Crippen MR) is 223 cm³/mol. The van der Waals surface area contributed by atoms with E-state index in [2.05, 4.69) is 4.74 Å². The summed E-state index contributed by atoms with van der Waals surface area (Å²) >= 11 is 0. The molecule has 0 aromatic heterocycles. The molecule has 0 radical (unpaired) electrons. The van der Waals surface area contributed by atoms with E-state index in [9.17, 15) is 9.59 Å². The van der Waals surface area contributed by atoms with Crippen molar-refractivity contribution < 1.29 is 19.4 Å². The van der Waals surface area contributed by atoms with Crippen molar-refractivity contribution in [3.05, 3.63) is 0 Å². The Kier molecular flexibility index (Phi) is 44.2. The van der Waals surface area contributed by atoms with Crippen LogP contribution < -0.4 is 0 Å². The zero-order valence-corrected chi connectivity index (χ0v) is 34.8. The minimum absolute atomic E-state index is 0.0626. The third-order valence-corrected chi connectivity index (χ3v) is 11.2. The van der Waals surface area contributed by atoms with Crippen LogP contribution in [-0.2, 0) is 14.3 Å². The van der Waals surface area contributed by atoms with E-state index in [4.69, 9.17) is 5.11 Å². The minimum atomic E-state index is -0.650. The number of methoxy groups -OCH3 is 1. The average Bonchev–Trinajstić information content (AvgIpc) is 3.13. The van der Waals surface area contributed by atoms with Crippen LogP contribution in [0.2, 0.25) is 0 Å². The monoisotopic (exact) mass is 721 g/mol.